The van der Waals surface area contributed by atoms with E-state index in [9.17, 15) is 14.4 Å². The van der Waals surface area contributed by atoms with Crippen LogP contribution in [0.3, 0.4) is 0 Å². The summed E-state index contributed by atoms with van der Waals surface area (Å²) in [5, 5.41) is 8.16. The zero-order valence-corrected chi connectivity index (χ0v) is 18.4. The SMILES string of the molecule is CNC(=O)c1ccc(NC(=O)CN(C)CC(=O)Nc2ccc(N3CCOCC3)cc2)cc1. The quantitative estimate of drug-likeness (QED) is 0.575. The van der Waals surface area contributed by atoms with E-state index >= 15 is 0 Å². The molecule has 0 unspecified atom stereocenters. The summed E-state index contributed by atoms with van der Waals surface area (Å²) in [5.41, 5.74) is 2.91. The molecule has 2 aromatic carbocycles. The Morgan fingerprint density at radius 1 is 0.875 bits per heavy atom. The van der Waals surface area contributed by atoms with Gasteiger partial charge in [0, 0.05) is 42.8 Å². The molecule has 0 radical (unpaired) electrons. The number of nitrogens with zero attached hydrogens (tertiary/aromatic N) is 2. The van der Waals surface area contributed by atoms with Crippen molar-refractivity contribution in [3.63, 3.8) is 0 Å². The predicted octanol–water partition coefficient (Wildman–Crippen LogP) is 1.39. The van der Waals surface area contributed by atoms with E-state index in [0.717, 1.165) is 32.0 Å². The highest BCUT2D eigenvalue weighted by Crippen LogP contribution is 2.19. The van der Waals surface area contributed by atoms with Gasteiger partial charge in [-0.3, -0.25) is 19.3 Å². The number of carbonyl (C=O) groups excluding carboxylic acids is 3. The molecule has 3 amide bonds. The summed E-state index contributed by atoms with van der Waals surface area (Å²) < 4.78 is 5.37. The van der Waals surface area contributed by atoms with Crippen LogP contribution in [-0.4, -0.2) is 76.1 Å². The number of hydrogen-bond acceptors (Lipinski definition) is 6. The van der Waals surface area contributed by atoms with Crippen LogP contribution < -0.4 is 20.9 Å². The van der Waals surface area contributed by atoms with E-state index in [4.69, 9.17) is 4.74 Å². The van der Waals surface area contributed by atoms with Crippen molar-refractivity contribution < 1.29 is 19.1 Å². The van der Waals surface area contributed by atoms with Gasteiger partial charge in [0.25, 0.3) is 5.91 Å². The van der Waals surface area contributed by atoms with Crippen molar-refractivity contribution in [3.8, 4) is 0 Å². The Hall–Kier alpha value is -3.43. The topological polar surface area (TPSA) is 103 Å². The molecule has 1 aliphatic rings. The molecule has 0 bridgehead atoms. The largest absolute Gasteiger partial charge is 0.378 e. The molecule has 3 N–H and O–H groups in total. The van der Waals surface area contributed by atoms with Crippen LogP contribution in [0.15, 0.2) is 48.5 Å². The normalized spacial score (nSPS) is 13.5. The van der Waals surface area contributed by atoms with Crippen LogP contribution in [-0.2, 0) is 14.3 Å². The van der Waals surface area contributed by atoms with E-state index in [1.54, 1.807) is 43.3 Å². The lowest BCUT2D eigenvalue weighted by Gasteiger charge is -2.28. The van der Waals surface area contributed by atoms with Gasteiger partial charge in [0.1, 0.15) is 0 Å². The van der Waals surface area contributed by atoms with Crippen LogP contribution in [0.5, 0.6) is 0 Å². The maximum atomic E-state index is 12.3. The van der Waals surface area contributed by atoms with E-state index in [1.165, 1.54) is 0 Å². The lowest BCUT2D eigenvalue weighted by molar-refractivity contribution is -0.119. The first-order chi connectivity index (χ1) is 15.4. The minimum absolute atomic E-state index is 0.0561. The molecule has 9 nitrogen and oxygen atoms in total. The molecule has 1 heterocycles. The van der Waals surface area contributed by atoms with Crippen LogP contribution in [0.25, 0.3) is 0 Å². The molecule has 3 rings (SSSR count). The summed E-state index contributed by atoms with van der Waals surface area (Å²) in [6, 6.07) is 14.3. The number of hydrogen-bond donors (Lipinski definition) is 3. The summed E-state index contributed by atoms with van der Waals surface area (Å²) in [6.07, 6.45) is 0. The molecular weight excluding hydrogens is 410 g/mol. The second kappa shape index (κ2) is 11.3. The lowest BCUT2D eigenvalue weighted by Crippen LogP contribution is -2.36. The fourth-order valence-electron chi connectivity index (χ4n) is 3.37. The van der Waals surface area contributed by atoms with Crippen LogP contribution in [0.2, 0.25) is 0 Å². The van der Waals surface area contributed by atoms with Gasteiger partial charge in [-0.1, -0.05) is 0 Å². The van der Waals surface area contributed by atoms with Crippen molar-refractivity contribution in [2.45, 2.75) is 0 Å². The minimum Gasteiger partial charge on any atom is -0.378 e. The van der Waals surface area contributed by atoms with Crippen LogP contribution in [0, 0.1) is 0 Å². The number of rotatable bonds is 8. The molecular formula is C23H29N5O4. The second-order valence-electron chi connectivity index (χ2n) is 7.57. The molecule has 0 aromatic heterocycles. The van der Waals surface area contributed by atoms with E-state index < -0.39 is 0 Å². The van der Waals surface area contributed by atoms with Gasteiger partial charge in [-0.2, -0.15) is 0 Å². The highest BCUT2D eigenvalue weighted by atomic mass is 16.5. The van der Waals surface area contributed by atoms with Gasteiger partial charge in [-0.15, -0.1) is 0 Å². The monoisotopic (exact) mass is 439 g/mol. The van der Waals surface area contributed by atoms with Crippen LogP contribution >= 0.6 is 0 Å². The maximum absolute atomic E-state index is 12.3. The van der Waals surface area contributed by atoms with Crippen molar-refractivity contribution in [1.82, 2.24) is 10.2 Å². The fraction of sp³-hybridized carbons (Fsp3) is 0.348. The molecule has 2 aromatic rings. The van der Waals surface area contributed by atoms with Gasteiger partial charge in [0.15, 0.2) is 0 Å². The van der Waals surface area contributed by atoms with Crippen molar-refractivity contribution in [3.05, 3.63) is 54.1 Å². The average molecular weight is 440 g/mol. The van der Waals surface area contributed by atoms with Gasteiger partial charge >= 0.3 is 0 Å². The molecule has 0 atom stereocenters. The Morgan fingerprint density at radius 2 is 1.38 bits per heavy atom. The summed E-state index contributed by atoms with van der Waals surface area (Å²) in [6.45, 7) is 3.29. The Labute approximate surface area is 187 Å². The Bertz CT molecular complexity index is 924. The first-order valence-electron chi connectivity index (χ1n) is 10.5. The molecule has 0 aliphatic carbocycles. The third kappa shape index (κ3) is 6.79. The Kier molecular flexibility index (Phi) is 8.18. The highest BCUT2D eigenvalue weighted by Gasteiger charge is 2.13. The van der Waals surface area contributed by atoms with Crippen LogP contribution in [0.4, 0.5) is 17.1 Å². The zero-order valence-electron chi connectivity index (χ0n) is 18.4. The molecule has 0 saturated carbocycles. The van der Waals surface area contributed by atoms with Gasteiger partial charge in [-0.25, -0.2) is 0 Å². The van der Waals surface area contributed by atoms with Gasteiger partial charge in [-0.05, 0) is 55.6 Å². The van der Waals surface area contributed by atoms with Gasteiger partial charge < -0.3 is 25.6 Å². The Morgan fingerprint density at radius 3 is 1.88 bits per heavy atom. The summed E-state index contributed by atoms with van der Waals surface area (Å²) >= 11 is 0. The van der Waals surface area contributed by atoms with Crippen LogP contribution in [0.1, 0.15) is 10.4 Å². The first-order valence-corrected chi connectivity index (χ1v) is 10.5. The molecule has 1 fully saturated rings. The number of likely N-dealkylation sites (N-methyl/N-ethyl adjacent to an activating group) is 1. The summed E-state index contributed by atoms with van der Waals surface area (Å²) in [7, 11) is 3.26. The third-order valence-corrected chi connectivity index (χ3v) is 5.01. The standard InChI is InChI=1S/C23H29N5O4/c1-24-23(31)17-3-5-18(6-4-17)25-21(29)15-27(2)16-22(30)26-19-7-9-20(10-8-19)28-11-13-32-14-12-28/h3-10H,11-16H2,1-2H3,(H,24,31)(H,25,29)(H,26,30). The van der Waals surface area contributed by atoms with E-state index in [0.29, 0.717) is 16.9 Å². The molecule has 9 heteroatoms. The number of carbonyl (C=O) groups is 3. The van der Waals surface area contributed by atoms with Crippen molar-refractivity contribution in [1.29, 1.82) is 0 Å². The van der Waals surface area contributed by atoms with Crippen molar-refractivity contribution in [2.75, 3.05) is 69.0 Å². The molecule has 1 saturated heterocycles. The average Bonchev–Trinajstić information content (AvgIpc) is 2.79. The second-order valence-corrected chi connectivity index (χ2v) is 7.57. The van der Waals surface area contributed by atoms with Crippen molar-refractivity contribution in [2.24, 2.45) is 0 Å². The molecule has 170 valence electrons. The smallest absolute Gasteiger partial charge is 0.251 e. The number of morpholine rings is 1. The number of anilines is 3. The highest BCUT2D eigenvalue weighted by molar-refractivity contribution is 5.96. The number of benzene rings is 2. The molecule has 32 heavy (non-hydrogen) atoms. The van der Waals surface area contributed by atoms with Gasteiger partial charge in [0.05, 0.1) is 26.3 Å². The van der Waals surface area contributed by atoms with E-state index in [-0.39, 0.29) is 30.8 Å². The predicted molar refractivity (Wildman–Crippen MR) is 124 cm³/mol. The summed E-state index contributed by atoms with van der Waals surface area (Å²) in [4.78, 5) is 40.0. The van der Waals surface area contributed by atoms with Crippen molar-refractivity contribution >= 4 is 34.8 Å². The van der Waals surface area contributed by atoms with E-state index in [1.807, 2.05) is 24.3 Å². The first kappa shape index (κ1) is 23.2. The third-order valence-electron chi connectivity index (χ3n) is 5.01. The van der Waals surface area contributed by atoms with E-state index in [2.05, 4.69) is 20.9 Å². The minimum atomic E-state index is -0.247. The molecule has 1 aliphatic heterocycles. The van der Waals surface area contributed by atoms with Gasteiger partial charge in [0.2, 0.25) is 11.8 Å². The maximum Gasteiger partial charge on any atom is 0.251 e. The fourth-order valence-corrected chi connectivity index (χ4v) is 3.37. The number of amides is 3. The lowest BCUT2D eigenvalue weighted by atomic mass is 10.2. The Balaban J connectivity index is 1.42. The summed E-state index contributed by atoms with van der Waals surface area (Å²) in [5.74, 6) is -0.637. The zero-order chi connectivity index (χ0) is 22.9. The molecule has 0 spiro atoms. The number of ether oxygens (including phenoxy) is 1. The number of nitrogens with one attached hydrogen (secondary N) is 3.